The zero-order valence-corrected chi connectivity index (χ0v) is 9.39. The molecule has 0 atom stereocenters. The van der Waals surface area contributed by atoms with Gasteiger partial charge >= 0.3 is 0 Å². The van der Waals surface area contributed by atoms with E-state index in [1.54, 1.807) is 0 Å². The van der Waals surface area contributed by atoms with E-state index in [1.807, 2.05) is 19.1 Å². The van der Waals surface area contributed by atoms with Gasteiger partial charge in [0.25, 0.3) is 0 Å². The van der Waals surface area contributed by atoms with Crippen molar-refractivity contribution in [2.75, 3.05) is 13.1 Å². The smallest absolute Gasteiger partial charge is 0.219 e. The number of benzene rings is 1. The molecule has 1 N–H and O–H groups in total. The Morgan fingerprint density at radius 3 is 2.87 bits per heavy atom. The summed E-state index contributed by atoms with van der Waals surface area (Å²) in [5.41, 5.74) is 3.17. The van der Waals surface area contributed by atoms with E-state index in [9.17, 15) is 8.42 Å². The summed E-state index contributed by atoms with van der Waals surface area (Å²) in [6, 6.07) is 5.93. The zero-order valence-electron chi connectivity index (χ0n) is 8.58. The van der Waals surface area contributed by atoms with Crippen molar-refractivity contribution in [3.63, 3.8) is 0 Å². The van der Waals surface area contributed by atoms with Crippen LogP contribution in [0, 0.1) is 6.92 Å². The van der Waals surface area contributed by atoms with E-state index in [-0.39, 0.29) is 0 Å². The van der Waals surface area contributed by atoms with Crippen LogP contribution in [0.3, 0.4) is 0 Å². The minimum absolute atomic E-state index is 0.437. The molecule has 0 unspecified atom stereocenters. The Morgan fingerprint density at radius 1 is 1.33 bits per heavy atom. The van der Waals surface area contributed by atoms with Crippen molar-refractivity contribution in [2.45, 2.75) is 13.3 Å². The van der Waals surface area contributed by atoms with Crippen molar-refractivity contribution >= 4 is 15.2 Å². The molecular formula is C11H13NO2S. The number of hydrogen-bond acceptors (Lipinski definition) is 3. The summed E-state index contributed by atoms with van der Waals surface area (Å²) in [5.74, 6) is 0. The Hall–Kier alpha value is -1.13. The van der Waals surface area contributed by atoms with Crippen molar-refractivity contribution in [2.24, 2.45) is 0 Å². The third-order valence-corrected chi connectivity index (χ3v) is 3.39. The Bertz CT molecular complexity index is 509. The molecule has 0 aliphatic carbocycles. The van der Waals surface area contributed by atoms with Crippen LogP contribution in [0.25, 0.3) is 0 Å². The van der Waals surface area contributed by atoms with Crippen LogP contribution in [0.4, 0.5) is 0 Å². The van der Waals surface area contributed by atoms with Crippen LogP contribution in [0.5, 0.6) is 0 Å². The SMILES string of the molecule is Cc1ccc2c(c1)CCNCC2=S(=O)=O. The monoisotopic (exact) mass is 223 g/mol. The highest BCUT2D eigenvalue weighted by molar-refractivity contribution is 7.73. The van der Waals surface area contributed by atoms with Crippen molar-refractivity contribution in [1.82, 2.24) is 5.32 Å². The van der Waals surface area contributed by atoms with Crippen LogP contribution in [0.1, 0.15) is 16.7 Å². The summed E-state index contributed by atoms with van der Waals surface area (Å²) in [6.45, 7) is 3.29. The molecule has 0 saturated carbocycles. The van der Waals surface area contributed by atoms with E-state index >= 15 is 0 Å². The van der Waals surface area contributed by atoms with E-state index in [2.05, 4.69) is 11.4 Å². The van der Waals surface area contributed by atoms with Crippen molar-refractivity contribution < 1.29 is 8.42 Å². The Balaban J connectivity index is 2.66. The molecule has 0 saturated heterocycles. The predicted octanol–water partition coefficient (Wildman–Crippen LogP) is 0.540. The standard InChI is InChI=1S/C11H13NO2S/c1-8-2-3-10-9(6-8)4-5-12-7-11(10)15(13)14/h2-3,6,12H,4-5,7H2,1H3. The molecule has 1 aliphatic heterocycles. The average Bonchev–Trinajstić information content (AvgIpc) is 2.38. The van der Waals surface area contributed by atoms with Crippen molar-refractivity contribution in [3.8, 4) is 0 Å². The van der Waals surface area contributed by atoms with Gasteiger partial charge in [0.2, 0.25) is 10.3 Å². The summed E-state index contributed by atoms with van der Waals surface area (Å²) in [4.78, 5) is 0.475. The molecular weight excluding hydrogens is 210 g/mol. The molecule has 0 fully saturated rings. The second kappa shape index (κ2) is 4.16. The molecule has 0 bridgehead atoms. The van der Waals surface area contributed by atoms with Gasteiger partial charge in [0, 0.05) is 6.54 Å². The van der Waals surface area contributed by atoms with Gasteiger partial charge in [-0.2, -0.15) is 8.42 Å². The first-order chi connectivity index (χ1) is 7.18. The third-order valence-electron chi connectivity index (χ3n) is 2.62. The maximum atomic E-state index is 11.1. The van der Waals surface area contributed by atoms with E-state index in [0.29, 0.717) is 11.4 Å². The van der Waals surface area contributed by atoms with Crippen LogP contribution in [-0.2, 0) is 16.7 Å². The minimum atomic E-state index is -2.13. The van der Waals surface area contributed by atoms with E-state index in [4.69, 9.17) is 0 Å². The number of nitrogens with one attached hydrogen (secondary N) is 1. The van der Waals surface area contributed by atoms with Gasteiger partial charge in [0.1, 0.15) is 0 Å². The molecule has 0 radical (unpaired) electrons. The quantitative estimate of drug-likeness (QED) is 0.653. The highest BCUT2D eigenvalue weighted by atomic mass is 32.2. The number of fused-ring (bicyclic) bond motifs is 1. The van der Waals surface area contributed by atoms with Gasteiger partial charge in [0.05, 0.1) is 4.86 Å². The summed E-state index contributed by atoms with van der Waals surface area (Å²) in [7, 11) is -2.13. The van der Waals surface area contributed by atoms with E-state index in [0.717, 1.165) is 24.1 Å². The zero-order chi connectivity index (χ0) is 10.8. The highest BCUT2D eigenvalue weighted by Crippen LogP contribution is 2.14. The summed E-state index contributed by atoms with van der Waals surface area (Å²) < 4.78 is 22.2. The maximum Gasteiger partial charge on any atom is 0.219 e. The van der Waals surface area contributed by atoms with Gasteiger partial charge in [0.15, 0.2) is 0 Å². The van der Waals surface area contributed by atoms with Crippen LogP contribution in [-0.4, -0.2) is 26.4 Å². The molecule has 1 heterocycles. The fraction of sp³-hybridized carbons (Fsp3) is 0.364. The van der Waals surface area contributed by atoms with E-state index in [1.165, 1.54) is 5.56 Å². The second-order valence-corrected chi connectivity index (χ2v) is 4.71. The lowest BCUT2D eigenvalue weighted by Crippen LogP contribution is -2.22. The molecule has 1 aliphatic rings. The Kier molecular flexibility index (Phi) is 2.88. The van der Waals surface area contributed by atoms with Gasteiger partial charge in [-0.1, -0.05) is 23.8 Å². The van der Waals surface area contributed by atoms with Crippen molar-refractivity contribution in [1.29, 1.82) is 0 Å². The average molecular weight is 223 g/mol. The van der Waals surface area contributed by atoms with Crippen LogP contribution in [0.15, 0.2) is 18.2 Å². The number of rotatable bonds is 0. The largest absolute Gasteiger partial charge is 0.311 e. The predicted molar refractivity (Wildman–Crippen MR) is 60.8 cm³/mol. The highest BCUT2D eigenvalue weighted by Gasteiger charge is 2.14. The minimum Gasteiger partial charge on any atom is -0.311 e. The van der Waals surface area contributed by atoms with Gasteiger partial charge in [-0.3, -0.25) is 0 Å². The summed E-state index contributed by atoms with van der Waals surface area (Å²) in [6.07, 6.45) is 0.887. The molecule has 2 rings (SSSR count). The lowest BCUT2D eigenvalue weighted by molar-refractivity contribution is 0.626. The fourth-order valence-electron chi connectivity index (χ4n) is 1.87. The molecule has 0 amide bonds. The summed E-state index contributed by atoms with van der Waals surface area (Å²) in [5, 5.41) is 3.11. The topological polar surface area (TPSA) is 46.2 Å². The van der Waals surface area contributed by atoms with Gasteiger partial charge in [-0.05, 0) is 31.0 Å². The molecule has 4 heteroatoms. The van der Waals surface area contributed by atoms with Crippen LogP contribution in [0.2, 0.25) is 0 Å². The molecule has 80 valence electrons. The number of aryl methyl sites for hydroxylation is 1. The summed E-state index contributed by atoms with van der Waals surface area (Å²) >= 11 is 0. The third kappa shape index (κ3) is 2.11. The normalized spacial score (nSPS) is 15.7. The lowest BCUT2D eigenvalue weighted by atomic mass is 10.0. The molecule has 0 spiro atoms. The Morgan fingerprint density at radius 2 is 2.13 bits per heavy atom. The molecule has 3 nitrogen and oxygen atoms in total. The van der Waals surface area contributed by atoms with Gasteiger partial charge < -0.3 is 5.32 Å². The fourth-order valence-corrected chi connectivity index (χ4v) is 2.47. The van der Waals surface area contributed by atoms with Gasteiger partial charge in [-0.25, -0.2) is 0 Å². The van der Waals surface area contributed by atoms with Crippen molar-refractivity contribution in [3.05, 3.63) is 34.9 Å². The molecule has 1 aromatic rings. The maximum absolute atomic E-state index is 11.1. The lowest BCUT2D eigenvalue weighted by Gasteiger charge is -2.05. The first kappa shape index (κ1) is 10.4. The van der Waals surface area contributed by atoms with Crippen LogP contribution >= 0.6 is 0 Å². The first-order valence-corrected chi connectivity index (χ1v) is 6.01. The first-order valence-electron chi connectivity index (χ1n) is 4.94. The molecule has 15 heavy (non-hydrogen) atoms. The Labute approximate surface area is 90.7 Å². The molecule has 0 aromatic heterocycles. The van der Waals surface area contributed by atoms with E-state index < -0.39 is 10.3 Å². The molecule has 1 aromatic carbocycles. The van der Waals surface area contributed by atoms with Crippen LogP contribution < -0.4 is 5.32 Å². The second-order valence-electron chi connectivity index (χ2n) is 3.75. The van der Waals surface area contributed by atoms with Gasteiger partial charge in [-0.15, -0.1) is 0 Å². The number of hydrogen-bond donors (Lipinski definition) is 1.